The molecule has 2 heterocycles. The smallest absolute Gasteiger partial charge is 0.336 e. The van der Waals surface area contributed by atoms with Gasteiger partial charge in [-0.3, -0.25) is 0 Å². The Morgan fingerprint density at radius 3 is 1.24 bits per heavy atom. The minimum atomic E-state index is -0.931. The average molecular weight is 907 g/mol. The van der Waals surface area contributed by atoms with Crippen LogP contribution in [0.2, 0.25) is 0 Å². The average Bonchev–Trinajstić information content (AvgIpc) is 3.87. The number of hydrogen-bond donors (Lipinski definition) is 2. The number of rotatable bonds is 16. The summed E-state index contributed by atoms with van der Waals surface area (Å²) in [4.78, 5) is 32.2. The van der Waals surface area contributed by atoms with Crippen LogP contribution in [0.1, 0.15) is 117 Å². The van der Waals surface area contributed by atoms with Gasteiger partial charge in [-0.05, 0) is 150 Å². The molecule has 14 heteroatoms. The molecule has 2 saturated carbocycles. The molecule has 0 bridgehead atoms. The number of carboxylic acids is 2. The van der Waals surface area contributed by atoms with Crippen LogP contribution in [-0.2, 0) is 45.4 Å². The number of benzene rings is 4. The molecule has 0 unspecified atom stereocenters. The fourth-order valence-corrected chi connectivity index (χ4v) is 8.48. The maximum absolute atomic E-state index is 13.2. The molecule has 4 atom stereocenters. The minimum Gasteiger partial charge on any atom is -0.478 e. The quantitative estimate of drug-likeness (QED) is 0.0946. The number of oxazole rings is 2. The zero-order valence-electron chi connectivity index (χ0n) is 37.7. The van der Waals surface area contributed by atoms with Crippen molar-refractivity contribution >= 4 is 11.9 Å². The van der Waals surface area contributed by atoms with E-state index in [-0.39, 0.29) is 49.3 Å². The van der Waals surface area contributed by atoms with Crippen LogP contribution < -0.4 is 0 Å². The third-order valence-corrected chi connectivity index (χ3v) is 12.1. The fourth-order valence-electron chi connectivity index (χ4n) is 8.48. The molecule has 4 aromatic carbocycles. The number of hydrogen-bond acceptors (Lipinski definition) is 10. The molecule has 0 aliphatic heterocycles. The van der Waals surface area contributed by atoms with E-state index in [0.29, 0.717) is 69.9 Å². The summed E-state index contributed by atoms with van der Waals surface area (Å²) in [7, 11) is 0. The molecule has 2 aromatic heterocycles. The highest BCUT2D eigenvalue weighted by Crippen LogP contribution is 2.30. The number of ether oxygens (including phenoxy) is 4. The highest BCUT2D eigenvalue weighted by atomic mass is 19.1. The van der Waals surface area contributed by atoms with E-state index in [1.807, 2.05) is 26.0 Å². The first-order chi connectivity index (χ1) is 31.8. The van der Waals surface area contributed by atoms with Crippen molar-refractivity contribution in [1.29, 1.82) is 0 Å². The number of aromatic carboxylic acids is 2. The summed E-state index contributed by atoms with van der Waals surface area (Å²) in [5.74, 6) is -0.217. The summed E-state index contributed by atoms with van der Waals surface area (Å²) >= 11 is 0. The van der Waals surface area contributed by atoms with Gasteiger partial charge < -0.3 is 38.0 Å². The molecule has 2 aliphatic rings. The van der Waals surface area contributed by atoms with Crippen LogP contribution in [-0.4, -0.2) is 56.5 Å². The van der Waals surface area contributed by atoms with Crippen LogP contribution >= 0.6 is 0 Å². The minimum absolute atomic E-state index is 0.0130. The summed E-state index contributed by atoms with van der Waals surface area (Å²) in [6, 6.07) is 23.0. The fraction of sp³-hybridized carbons (Fsp3) is 0.385. The van der Waals surface area contributed by atoms with E-state index < -0.39 is 11.9 Å². The lowest BCUT2D eigenvalue weighted by atomic mass is 9.94. The second kappa shape index (κ2) is 22.4. The monoisotopic (exact) mass is 906 g/mol. The number of carboxylic acid groups (broad SMARTS) is 2. The lowest BCUT2D eigenvalue weighted by Gasteiger charge is -2.29. The molecule has 2 fully saturated rings. The van der Waals surface area contributed by atoms with Gasteiger partial charge in [0, 0.05) is 11.1 Å². The summed E-state index contributed by atoms with van der Waals surface area (Å²) in [6.45, 7) is 8.47. The lowest BCUT2D eigenvalue weighted by molar-refractivity contribution is -0.0565. The van der Waals surface area contributed by atoms with E-state index in [4.69, 9.17) is 27.8 Å². The van der Waals surface area contributed by atoms with Crippen LogP contribution in [0, 0.1) is 39.3 Å². The maximum atomic E-state index is 13.2. The van der Waals surface area contributed by atoms with E-state index in [0.717, 1.165) is 73.9 Å². The maximum Gasteiger partial charge on any atom is 0.336 e. The summed E-state index contributed by atoms with van der Waals surface area (Å²) < 4.78 is 62.2. The van der Waals surface area contributed by atoms with Gasteiger partial charge in [0.1, 0.15) is 34.5 Å². The van der Waals surface area contributed by atoms with Crippen LogP contribution in [0.5, 0.6) is 0 Å². The molecule has 8 rings (SSSR count). The lowest BCUT2D eigenvalue weighted by Crippen LogP contribution is -2.28. The highest BCUT2D eigenvalue weighted by molar-refractivity contribution is 5.91. The van der Waals surface area contributed by atoms with Gasteiger partial charge in [-0.1, -0.05) is 36.4 Å². The number of aryl methyl sites for hydroxylation is 4. The van der Waals surface area contributed by atoms with Gasteiger partial charge in [-0.25, -0.2) is 28.3 Å². The number of aromatic nitrogens is 2. The Bertz CT molecular complexity index is 2390. The van der Waals surface area contributed by atoms with E-state index in [9.17, 15) is 28.6 Å². The van der Waals surface area contributed by atoms with Crippen LogP contribution in [0.4, 0.5) is 8.78 Å². The molecule has 12 nitrogen and oxygen atoms in total. The Kier molecular flexibility index (Phi) is 16.3. The predicted molar refractivity (Wildman–Crippen MR) is 241 cm³/mol. The van der Waals surface area contributed by atoms with Crippen LogP contribution in [0.3, 0.4) is 0 Å². The molecular weight excluding hydrogens is 851 g/mol. The molecule has 0 spiro atoms. The van der Waals surface area contributed by atoms with E-state index in [1.165, 1.54) is 24.3 Å². The highest BCUT2D eigenvalue weighted by Gasteiger charge is 2.27. The summed E-state index contributed by atoms with van der Waals surface area (Å²) in [5.41, 5.74) is 6.37. The molecule has 2 aliphatic carbocycles. The van der Waals surface area contributed by atoms with E-state index in [2.05, 4.69) is 9.97 Å². The molecular formula is C52H56F2N2O10. The van der Waals surface area contributed by atoms with Crippen LogP contribution in [0.25, 0.3) is 22.9 Å². The normalized spacial score (nSPS) is 18.4. The number of halogens is 2. The van der Waals surface area contributed by atoms with Crippen molar-refractivity contribution in [2.45, 2.75) is 130 Å². The molecule has 0 radical (unpaired) electrons. The zero-order valence-corrected chi connectivity index (χ0v) is 37.7. The molecule has 348 valence electrons. The Morgan fingerprint density at radius 1 is 0.545 bits per heavy atom. The van der Waals surface area contributed by atoms with Gasteiger partial charge in [0.2, 0.25) is 11.8 Å². The van der Waals surface area contributed by atoms with Crippen molar-refractivity contribution < 1.29 is 56.4 Å². The molecule has 6 aromatic rings. The molecule has 0 saturated heterocycles. The van der Waals surface area contributed by atoms with E-state index >= 15 is 0 Å². The first-order valence-corrected chi connectivity index (χ1v) is 22.4. The van der Waals surface area contributed by atoms with Gasteiger partial charge in [0.05, 0.1) is 62.0 Å². The Balaban J connectivity index is 0.000000196. The van der Waals surface area contributed by atoms with Crippen molar-refractivity contribution in [2.75, 3.05) is 0 Å². The molecule has 66 heavy (non-hydrogen) atoms. The Labute approximate surface area is 382 Å². The van der Waals surface area contributed by atoms with Crippen molar-refractivity contribution in [3.63, 3.8) is 0 Å². The van der Waals surface area contributed by atoms with Gasteiger partial charge in [0.25, 0.3) is 0 Å². The van der Waals surface area contributed by atoms with Crippen molar-refractivity contribution in [3.8, 4) is 22.9 Å². The standard InChI is InChI=1S/2C26H28FNO5/c2*1-16-5-3-6-19(24(16)26(29)30)14-31-21-7-4-8-22(13-21)32-15-23-17(2)33-25(28-23)18-9-11-20(27)12-10-18/h2*3,5-6,9-12,21-22H,4,7-8,13-15H2,1-2H3,(H,29,30)/t2*21-,22+/m10/s1. The first kappa shape index (κ1) is 47.9. The van der Waals surface area contributed by atoms with Gasteiger partial charge in [-0.15, -0.1) is 0 Å². The zero-order chi connectivity index (χ0) is 46.7. The van der Waals surface area contributed by atoms with Gasteiger partial charge in [-0.2, -0.15) is 0 Å². The second-order valence-corrected chi connectivity index (χ2v) is 17.0. The number of nitrogens with zero attached hydrogens (tertiary/aromatic N) is 2. The first-order valence-electron chi connectivity index (χ1n) is 22.4. The van der Waals surface area contributed by atoms with Crippen LogP contribution in [0.15, 0.2) is 93.8 Å². The van der Waals surface area contributed by atoms with E-state index in [1.54, 1.807) is 62.4 Å². The van der Waals surface area contributed by atoms with Crippen molar-refractivity contribution in [3.05, 3.63) is 153 Å². The Hall–Kier alpha value is -6.06. The second-order valence-electron chi connectivity index (χ2n) is 17.0. The van der Waals surface area contributed by atoms with Crippen molar-refractivity contribution in [2.24, 2.45) is 0 Å². The predicted octanol–water partition coefficient (Wildman–Crippen LogP) is 11.7. The largest absolute Gasteiger partial charge is 0.478 e. The third-order valence-electron chi connectivity index (χ3n) is 12.1. The SMILES string of the molecule is Cc1cccc(CO[C@@H]2CCC[C@H](OCc3nc(-c4ccc(F)cc4)oc3C)C2)c1C(=O)O.Cc1cccc(CO[C@H]2CCC[C@@H](OCc3nc(-c4ccc(F)cc4)oc3C)C2)c1C(=O)O. The topological polar surface area (TPSA) is 164 Å². The van der Waals surface area contributed by atoms with Gasteiger partial charge >= 0.3 is 11.9 Å². The van der Waals surface area contributed by atoms with Gasteiger partial charge in [0.15, 0.2) is 0 Å². The molecule has 2 N–H and O–H groups in total. The summed E-state index contributed by atoms with van der Waals surface area (Å²) in [5, 5.41) is 19.0. The third kappa shape index (κ3) is 12.6. The number of carbonyl (C=O) groups is 2. The van der Waals surface area contributed by atoms with Crippen molar-refractivity contribution in [1.82, 2.24) is 9.97 Å². The summed E-state index contributed by atoms with van der Waals surface area (Å²) in [6.07, 6.45) is 7.26. The Morgan fingerprint density at radius 2 is 0.894 bits per heavy atom. The molecule has 0 amide bonds.